The van der Waals surface area contributed by atoms with E-state index in [9.17, 15) is 4.79 Å². The zero-order valence-electron chi connectivity index (χ0n) is 11.3. The zero-order valence-corrected chi connectivity index (χ0v) is 11.3. The molecular formula is C15H18N4O. The van der Waals surface area contributed by atoms with Gasteiger partial charge >= 0.3 is 0 Å². The second-order valence-corrected chi connectivity index (χ2v) is 5.18. The third-order valence-corrected chi connectivity index (χ3v) is 3.74. The molecule has 0 spiro atoms. The average molecular weight is 270 g/mol. The number of rotatable bonds is 4. The van der Waals surface area contributed by atoms with Crippen LogP contribution in [0, 0.1) is 0 Å². The summed E-state index contributed by atoms with van der Waals surface area (Å²) in [6.07, 6.45) is 6.69. The van der Waals surface area contributed by atoms with Crippen molar-refractivity contribution < 1.29 is 0 Å². The summed E-state index contributed by atoms with van der Waals surface area (Å²) >= 11 is 0. The molecule has 1 saturated carbocycles. The lowest BCUT2D eigenvalue weighted by Crippen LogP contribution is -2.29. The average Bonchev–Trinajstić information content (AvgIpc) is 3.01. The molecule has 2 aromatic heterocycles. The molecule has 0 saturated heterocycles. The summed E-state index contributed by atoms with van der Waals surface area (Å²) in [4.78, 5) is 16.1. The van der Waals surface area contributed by atoms with Crippen LogP contribution in [0.25, 0.3) is 11.4 Å². The molecule has 1 aliphatic carbocycles. The molecule has 2 N–H and O–H groups in total. The lowest BCUT2D eigenvalue weighted by Gasteiger charge is -2.11. The van der Waals surface area contributed by atoms with E-state index in [4.69, 9.17) is 0 Å². The van der Waals surface area contributed by atoms with Crippen molar-refractivity contribution in [2.75, 3.05) is 0 Å². The summed E-state index contributed by atoms with van der Waals surface area (Å²) in [6, 6.07) is 8.02. The third-order valence-electron chi connectivity index (χ3n) is 3.74. The molecule has 3 rings (SSSR count). The van der Waals surface area contributed by atoms with Crippen LogP contribution in [-0.2, 0) is 6.54 Å². The molecular weight excluding hydrogens is 252 g/mol. The highest BCUT2D eigenvalue weighted by atomic mass is 16.1. The standard InChI is InChI=1S/C15H18N4O/c20-15-11(10-17-12-5-1-2-6-12)9-14(18-19-15)13-7-3-4-8-16-13/h3-4,7-9,12,17H,1-2,5-6,10H2,(H,19,20). The molecule has 0 aliphatic heterocycles. The summed E-state index contributed by atoms with van der Waals surface area (Å²) in [5.41, 5.74) is 2.06. The van der Waals surface area contributed by atoms with Gasteiger partial charge in [0, 0.05) is 24.3 Å². The molecule has 104 valence electrons. The second kappa shape index (κ2) is 5.96. The van der Waals surface area contributed by atoms with Crippen molar-refractivity contribution in [3.63, 3.8) is 0 Å². The van der Waals surface area contributed by atoms with Crippen molar-refractivity contribution in [1.82, 2.24) is 20.5 Å². The Morgan fingerprint density at radius 3 is 2.85 bits per heavy atom. The Hall–Kier alpha value is -2.01. The van der Waals surface area contributed by atoms with Crippen LogP contribution in [0.1, 0.15) is 31.2 Å². The summed E-state index contributed by atoms with van der Waals surface area (Å²) in [6.45, 7) is 0.586. The van der Waals surface area contributed by atoms with Crippen molar-refractivity contribution in [3.8, 4) is 11.4 Å². The molecule has 0 bridgehead atoms. The number of pyridine rings is 1. The van der Waals surface area contributed by atoms with E-state index in [0.29, 0.717) is 23.8 Å². The SMILES string of the molecule is O=c1[nH]nc(-c2ccccn2)cc1CNC1CCCC1. The van der Waals surface area contributed by atoms with E-state index in [-0.39, 0.29) is 5.56 Å². The van der Waals surface area contributed by atoms with Crippen molar-refractivity contribution in [2.24, 2.45) is 0 Å². The summed E-state index contributed by atoms with van der Waals surface area (Å²) < 4.78 is 0. The summed E-state index contributed by atoms with van der Waals surface area (Å²) in [7, 11) is 0. The Bertz CT molecular complexity index is 617. The van der Waals surface area contributed by atoms with Crippen molar-refractivity contribution >= 4 is 0 Å². The molecule has 2 aromatic rings. The van der Waals surface area contributed by atoms with Gasteiger partial charge in [-0.3, -0.25) is 9.78 Å². The fraction of sp³-hybridized carbons (Fsp3) is 0.400. The number of hydrogen-bond donors (Lipinski definition) is 2. The smallest absolute Gasteiger partial charge is 0.268 e. The predicted octanol–water partition coefficient (Wildman–Crippen LogP) is 1.86. The van der Waals surface area contributed by atoms with Crippen molar-refractivity contribution in [1.29, 1.82) is 0 Å². The van der Waals surface area contributed by atoms with E-state index < -0.39 is 0 Å². The highest BCUT2D eigenvalue weighted by molar-refractivity contribution is 5.53. The lowest BCUT2D eigenvalue weighted by atomic mass is 10.2. The molecule has 5 heteroatoms. The van der Waals surface area contributed by atoms with E-state index in [1.807, 2.05) is 24.3 Å². The first-order valence-corrected chi connectivity index (χ1v) is 7.06. The van der Waals surface area contributed by atoms with Crippen LogP contribution in [0.3, 0.4) is 0 Å². The van der Waals surface area contributed by atoms with Gasteiger partial charge in [-0.2, -0.15) is 5.10 Å². The Morgan fingerprint density at radius 2 is 2.10 bits per heavy atom. The maximum atomic E-state index is 11.8. The minimum atomic E-state index is -0.129. The minimum Gasteiger partial charge on any atom is -0.310 e. The number of nitrogens with one attached hydrogen (secondary N) is 2. The second-order valence-electron chi connectivity index (χ2n) is 5.18. The van der Waals surface area contributed by atoms with Gasteiger partial charge in [-0.25, -0.2) is 5.10 Å². The summed E-state index contributed by atoms with van der Waals surface area (Å²) in [5.74, 6) is 0. The van der Waals surface area contributed by atoms with Crippen LogP contribution in [0.4, 0.5) is 0 Å². The number of aromatic nitrogens is 3. The summed E-state index contributed by atoms with van der Waals surface area (Å²) in [5, 5.41) is 10.1. The Labute approximate surface area is 117 Å². The molecule has 2 heterocycles. The van der Waals surface area contributed by atoms with Crippen LogP contribution in [-0.4, -0.2) is 21.2 Å². The Morgan fingerprint density at radius 1 is 1.25 bits per heavy atom. The number of aromatic amines is 1. The quantitative estimate of drug-likeness (QED) is 0.889. The highest BCUT2D eigenvalue weighted by Gasteiger charge is 2.15. The van der Waals surface area contributed by atoms with Gasteiger partial charge in [-0.05, 0) is 31.0 Å². The first kappa shape index (κ1) is 13.0. The number of nitrogens with zero attached hydrogens (tertiary/aromatic N) is 2. The molecule has 0 aromatic carbocycles. The van der Waals surface area contributed by atoms with E-state index in [2.05, 4.69) is 20.5 Å². The first-order chi connectivity index (χ1) is 9.83. The normalized spacial score (nSPS) is 15.6. The number of hydrogen-bond acceptors (Lipinski definition) is 4. The van der Waals surface area contributed by atoms with Crippen LogP contribution in [0.5, 0.6) is 0 Å². The Balaban J connectivity index is 1.78. The molecule has 0 amide bonds. The van der Waals surface area contributed by atoms with Gasteiger partial charge in [-0.15, -0.1) is 0 Å². The van der Waals surface area contributed by atoms with Gasteiger partial charge in [0.1, 0.15) is 5.69 Å². The largest absolute Gasteiger partial charge is 0.310 e. The molecule has 1 aliphatic rings. The van der Waals surface area contributed by atoms with E-state index in [0.717, 1.165) is 5.69 Å². The lowest BCUT2D eigenvalue weighted by molar-refractivity contribution is 0.522. The first-order valence-electron chi connectivity index (χ1n) is 7.06. The van der Waals surface area contributed by atoms with E-state index >= 15 is 0 Å². The zero-order chi connectivity index (χ0) is 13.8. The van der Waals surface area contributed by atoms with Crippen LogP contribution in [0.2, 0.25) is 0 Å². The van der Waals surface area contributed by atoms with Crippen molar-refractivity contribution in [3.05, 3.63) is 46.4 Å². The highest BCUT2D eigenvalue weighted by Crippen LogP contribution is 2.18. The van der Waals surface area contributed by atoms with E-state index in [1.54, 1.807) is 6.20 Å². The van der Waals surface area contributed by atoms with Crippen LogP contribution < -0.4 is 10.9 Å². The van der Waals surface area contributed by atoms with Gasteiger partial charge in [0.2, 0.25) is 0 Å². The molecule has 0 unspecified atom stereocenters. The maximum Gasteiger partial charge on any atom is 0.268 e. The monoisotopic (exact) mass is 270 g/mol. The van der Waals surface area contributed by atoms with Gasteiger partial charge in [0.05, 0.1) is 5.69 Å². The molecule has 20 heavy (non-hydrogen) atoms. The minimum absolute atomic E-state index is 0.129. The number of H-pyrrole nitrogens is 1. The predicted molar refractivity (Wildman–Crippen MR) is 77.2 cm³/mol. The molecule has 1 fully saturated rings. The molecule has 0 radical (unpaired) electrons. The molecule has 0 atom stereocenters. The fourth-order valence-electron chi connectivity index (χ4n) is 2.61. The topological polar surface area (TPSA) is 70.7 Å². The van der Waals surface area contributed by atoms with Crippen LogP contribution >= 0.6 is 0 Å². The van der Waals surface area contributed by atoms with E-state index in [1.165, 1.54) is 25.7 Å². The Kier molecular flexibility index (Phi) is 3.87. The fourth-order valence-corrected chi connectivity index (χ4v) is 2.61. The van der Waals surface area contributed by atoms with Gasteiger partial charge in [-0.1, -0.05) is 18.9 Å². The maximum absolute atomic E-state index is 11.8. The van der Waals surface area contributed by atoms with Gasteiger partial charge in [0.25, 0.3) is 5.56 Å². The molecule has 5 nitrogen and oxygen atoms in total. The van der Waals surface area contributed by atoms with Crippen LogP contribution in [0.15, 0.2) is 35.3 Å². The van der Waals surface area contributed by atoms with Gasteiger partial charge in [0.15, 0.2) is 0 Å². The van der Waals surface area contributed by atoms with Crippen molar-refractivity contribution in [2.45, 2.75) is 38.3 Å². The third kappa shape index (κ3) is 2.93. The van der Waals surface area contributed by atoms with Gasteiger partial charge < -0.3 is 5.32 Å².